The monoisotopic (exact) mass is 1180 g/mol. The standard InChI is InChI=1S/C26H32ClN7O4S.C23H26Cl2N6O4S.C4H8/c1-26(36)15-32(16-26)24-14-22(31-9-5-10-31)28-23-13-20(29-34(23)24)21-6-3-4-11-33(21)25(35)18-12-17(27)7-8-19(18)30-39(2,37)38;1-23(33)12-29(13-23)21-11-19(25)26-20-10-17(27-31(20)21)18-5-3-4-8-30(18)22(32)15-9-14(24)6-7-16(15)28-36(2,34)35;1-2-4-3-1/h7-8,12-14,21,30,36H,3-6,9-11,15-16H2,1-2H3;6-7,9-11,18,28,33H,3-5,8,12-13H2,1-2H3;1-4H2/t21-;18-;/m00./s1. The summed E-state index contributed by atoms with van der Waals surface area (Å²) in [7, 11) is -7.21. The number of piperidine rings is 2. The lowest BCUT2D eigenvalue weighted by atomic mass is 9.97. The molecule has 6 aromatic rings. The minimum absolute atomic E-state index is 0.173. The number of hydrogen-bond acceptors (Lipinski definition) is 15. The molecule has 1 saturated carbocycles. The third-order valence-electron chi connectivity index (χ3n) is 15.0. The van der Waals surface area contributed by atoms with Gasteiger partial charge in [0.2, 0.25) is 20.0 Å². The van der Waals surface area contributed by atoms with Crippen LogP contribution in [-0.4, -0.2) is 154 Å². The number of β-amino-alcohol motifs (C(OH)–C–C–N with tert-alkyl or cyclic N) is 2. The van der Waals surface area contributed by atoms with Crippen molar-refractivity contribution in [1.82, 2.24) is 39.0 Å². The van der Waals surface area contributed by atoms with Crippen LogP contribution in [0.4, 0.5) is 28.8 Å². The van der Waals surface area contributed by atoms with E-state index in [0.717, 1.165) is 81.5 Å². The van der Waals surface area contributed by atoms with Gasteiger partial charge in [-0.15, -0.1) is 0 Å². The molecule has 424 valence electrons. The molecule has 1 aliphatic carbocycles. The zero-order chi connectivity index (χ0) is 56.2. The van der Waals surface area contributed by atoms with Gasteiger partial charge in [0.15, 0.2) is 11.3 Å². The highest BCUT2D eigenvalue weighted by atomic mass is 35.5. The number of carbonyl (C=O) groups is 2. The number of halogens is 3. The molecule has 9 heterocycles. The first-order valence-electron chi connectivity index (χ1n) is 26.7. The predicted molar refractivity (Wildman–Crippen MR) is 307 cm³/mol. The van der Waals surface area contributed by atoms with E-state index >= 15 is 0 Å². The molecule has 2 aromatic carbocycles. The topological polar surface area (TPSA) is 244 Å². The van der Waals surface area contributed by atoms with Crippen LogP contribution in [0.25, 0.3) is 11.3 Å². The maximum Gasteiger partial charge on any atom is 0.256 e. The van der Waals surface area contributed by atoms with E-state index in [2.05, 4.69) is 24.2 Å². The first-order valence-corrected chi connectivity index (χ1v) is 31.6. The van der Waals surface area contributed by atoms with Gasteiger partial charge < -0.3 is 34.7 Å². The molecule has 5 aliphatic heterocycles. The van der Waals surface area contributed by atoms with Crippen LogP contribution in [0.1, 0.15) is 129 Å². The van der Waals surface area contributed by atoms with Gasteiger partial charge in [0.1, 0.15) is 22.6 Å². The Balaban J connectivity index is 0.000000167. The lowest BCUT2D eigenvalue weighted by Crippen LogP contribution is -2.60. The highest BCUT2D eigenvalue weighted by Crippen LogP contribution is 2.39. The Kier molecular flexibility index (Phi) is 16.0. The average molecular weight is 1180 g/mol. The van der Waals surface area contributed by atoms with E-state index in [-0.39, 0.29) is 46.4 Å². The number of nitrogens with zero attached hydrogens (tertiary/aromatic N) is 11. The van der Waals surface area contributed by atoms with Crippen LogP contribution in [-0.2, 0) is 20.0 Å². The minimum atomic E-state index is -3.60. The number of nitrogens with one attached hydrogen (secondary N) is 2. The molecule has 5 saturated heterocycles. The molecule has 2 atom stereocenters. The number of sulfonamides is 2. The minimum Gasteiger partial charge on any atom is -0.386 e. The van der Waals surface area contributed by atoms with Gasteiger partial charge in [-0.1, -0.05) is 60.5 Å². The Morgan fingerprint density at radius 3 is 1.38 bits per heavy atom. The maximum atomic E-state index is 13.9. The summed E-state index contributed by atoms with van der Waals surface area (Å²) in [5.41, 5.74) is 1.83. The van der Waals surface area contributed by atoms with Gasteiger partial charge in [-0.3, -0.25) is 19.0 Å². The zero-order valence-corrected chi connectivity index (χ0v) is 48.5. The van der Waals surface area contributed by atoms with Crippen molar-refractivity contribution in [3.8, 4) is 0 Å². The van der Waals surface area contributed by atoms with Gasteiger partial charge in [0.25, 0.3) is 11.8 Å². The van der Waals surface area contributed by atoms with Gasteiger partial charge in [-0.2, -0.15) is 19.2 Å². The van der Waals surface area contributed by atoms with Crippen LogP contribution >= 0.6 is 34.8 Å². The van der Waals surface area contributed by atoms with Crippen molar-refractivity contribution in [2.75, 3.05) is 89.0 Å². The van der Waals surface area contributed by atoms with Crippen LogP contribution in [0.2, 0.25) is 15.2 Å². The molecule has 0 bridgehead atoms. The Morgan fingerprint density at radius 1 is 0.557 bits per heavy atom. The van der Waals surface area contributed by atoms with Crippen molar-refractivity contribution in [2.24, 2.45) is 0 Å². The Labute approximate surface area is 474 Å². The number of hydrogen-bond donors (Lipinski definition) is 4. The predicted octanol–water partition coefficient (Wildman–Crippen LogP) is 7.81. The van der Waals surface area contributed by atoms with Crippen molar-refractivity contribution in [1.29, 1.82) is 0 Å². The van der Waals surface area contributed by atoms with Crippen LogP contribution in [0.15, 0.2) is 60.7 Å². The number of aliphatic hydroxyl groups is 2. The van der Waals surface area contributed by atoms with Crippen LogP contribution < -0.4 is 24.1 Å². The number of amides is 2. The quantitative estimate of drug-likeness (QED) is 0.0904. The number of fused-ring (bicyclic) bond motifs is 2. The first-order chi connectivity index (χ1) is 37.4. The third kappa shape index (κ3) is 12.9. The molecule has 21 nitrogen and oxygen atoms in total. The van der Waals surface area contributed by atoms with E-state index < -0.39 is 31.2 Å². The Morgan fingerprint density at radius 2 is 0.987 bits per heavy atom. The second-order valence-electron chi connectivity index (χ2n) is 22.2. The normalized spacial score (nSPS) is 20.6. The average Bonchev–Trinajstić information content (AvgIpc) is 4.23. The third-order valence-corrected chi connectivity index (χ3v) is 16.8. The second kappa shape index (κ2) is 22.3. The molecule has 6 aliphatic rings. The first kappa shape index (κ1) is 56.6. The lowest BCUT2D eigenvalue weighted by Gasteiger charge is -2.45. The summed E-state index contributed by atoms with van der Waals surface area (Å²) in [6, 6.07) is 15.9. The SMILES string of the molecule is C1CCC1.CC1(O)CN(c2cc(Cl)nc3cc([C@@H]4CCCCN4C(=O)c4cc(Cl)ccc4NS(C)(=O)=O)nn23)C1.CC1(O)CN(c2cc(N3CCC3)nc3cc([C@@H]4CCCCN4C(=O)c4cc(Cl)ccc4NS(C)(=O)=O)nn23)C1. The smallest absolute Gasteiger partial charge is 0.256 e. The van der Waals surface area contributed by atoms with Gasteiger partial charge in [-0.25, -0.2) is 26.8 Å². The van der Waals surface area contributed by atoms with E-state index in [0.29, 0.717) is 83.7 Å². The molecule has 2 amide bonds. The summed E-state index contributed by atoms with van der Waals surface area (Å²) < 4.78 is 56.1. The van der Waals surface area contributed by atoms with Crippen molar-refractivity contribution < 1.29 is 36.6 Å². The van der Waals surface area contributed by atoms with Crippen molar-refractivity contribution in [3.63, 3.8) is 0 Å². The molecular formula is C53H66Cl3N13O8S2. The lowest BCUT2D eigenvalue weighted by molar-refractivity contribution is 0.0297. The molecule has 12 rings (SSSR count). The fraction of sp³-hybridized carbons (Fsp3) is 0.509. The van der Waals surface area contributed by atoms with E-state index in [9.17, 15) is 36.6 Å². The Bertz CT molecular complexity index is 3520. The molecule has 6 fully saturated rings. The summed E-state index contributed by atoms with van der Waals surface area (Å²) in [6.07, 6.45) is 14.1. The second-order valence-corrected chi connectivity index (χ2v) is 27.0. The summed E-state index contributed by atoms with van der Waals surface area (Å²) in [5, 5.41) is 31.3. The molecular weight excluding hydrogens is 1120 g/mol. The summed E-state index contributed by atoms with van der Waals surface area (Å²) in [6.45, 7) is 8.37. The summed E-state index contributed by atoms with van der Waals surface area (Å²) >= 11 is 18.7. The zero-order valence-electron chi connectivity index (χ0n) is 44.6. The summed E-state index contributed by atoms with van der Waals surface area (Å²) in [5.74, 6) is 1.82. The number of benzene rings is 2. The number of rotatable bonds is 11. The van der Waals surface area contributed by atoms with E-state index in [1.165, 1.54) is 56.0 Å². The maximum absolute atomic E-state index is 13.9. The summed E-state index contributed by atoms with van der Waals surface area (Å²) in [4.78, 5) is 46.7. The number of carbonyl (C=O) groups excluding carboxylic acids is 2. The van der Waals surface area contributed by atoms with Crippen LogP contribution in [0, 0.1) is 0 Å². The highest BCUT2D eigenvalue weighted by molar-refractivity contribution is 7.92. The van der Waals surface area contributed by atoms with Gasteiger partial charge >= 0.3 is 0 Å². The van der Waals surface area contributed by atoms with Crippen molar-refractivity contribution in [2.45, 2.75) is 108 Å². The largest absolute Gasteiger partial charge is 0.386 e. The van der Waals surface area contributed by atoms with E-state index in [4.69, 9.17) is 50.0 Å². The fourth-order valence-electron chi connectivity index (χ4n) is 10.8. The van der Waals surface area contributed by atoms with E-state index in [1.54, 1.807) is 37.9 Å². The molecule has 4 aromatic heterocycles. The molecule has 4 N–H and O–H groups in total. The molecule has 79 heavy (non-hydrogen) atoms. The molecule has 0 radical (unpaired) electrons. The highest BCUT2D eigenvalue weighted by Gasteiger charge is 2.41. The molecule has 0 spiro atoms. The fourth-order valence-corrected chi connectivity index (χ4v) is 12.4. The van der Waals surface area contributed by atoms with Crippen molar-refractivity contribution >= 4 is 107 Å². The van der Waals surface area contributed by atoms with Gasteiger partial charge in [-0.05, 0) is 95.2 Å². The number of anilines is 5. The number of likely N-dealkylation sites (tertiary alicyclic amines) is 2. The van der Waals surface area contributed by atoms with Gasteiger partial charge in [0, 0.05) is 86.7 Å². The molecule has 26 heteroatoms. The number of aromatic nitrogens is 6. The van der Waals surface area contributed by atoms with Crippen LogP contribution in [0.3, 0.4) is 0 Å². The van der Waals surface area contributed by atoms with E-state index in [1.807, 2.05) is 30.0 Å². The van der Waals surface area contributed by atoms with Gasteiger partial charge in [0.05, 0.1) is 69.7 Å². The van der Waals surface area contributed by atoms with Crippen LogP contribution in [0.5, 0.6) is 0 Å². The molecule has 0 unspecified atom stereocenters. The Hall–Kier alpha value is -5.69. The van der Waals surface area contributed by atoms with Crippen molar-refractivity contribution in [3.05, 3.63) is 98.4 Å².